The minimum Gasteiger partial charge on any atom is -0.385 e. The summed E-state index contributed by atoms with van der Waals surface area (Å²) in [5, 5.41) is 10.6. The number of primary amides is 1. The number of nitrogens with one attached hydrogen (secondary N) is 1. The van der Waals surface area contributed by atoms with Crippen LogP contribution in [0, 0.1) is 0 Å². The van der Waals surface area contributed by atoms with Gasteiger partial charge in [0.05, 0.1) is 12.5 Å². The number of hydrogen-bond acceptors (Lipinski definition) is 4. The fourth-order valence-electron chi connectivity index (χ4n) is 0.735. The van der Waals surface area contributed by atoms with Crippen LogP contribution in [0.2, 0.25) is 0 Å². The van der Waals surface area contributed by atoms with Crippen LogP contribution in [0.1, 0.15) is 6.42 Å². The van der Waals surface area contributed by atoms with Crippen molar-refractivity contribution < 1.29 is 23.5 Å². The Morgan fingerprint density at radius 1 is 1.40 bits per heavy atom. The fraction of sp³-hybridized carbons (Fsp3) is 0.714. The van der Waals surface area contributed by atoms with Crippen LogP contribution in [0.4, 0.5) is 8.78 Å². The van der Waals surface area contributed by atoms with Crippen LogP contribution in [0.15, 0.2) is 0 Å². The van der Waals surface area contributed by atoms with Gasteiger partial charge in [-0.3, -0.25) is 9.59 Å². The summed E-state index contributed by atoms with van der Waals surface area (Å²) >= 11 is 0. The maximum Gasteiger partial charge on any atom is 0.265 e. The summed E-state index contributed by atoms with van der Waals surface area (Å²) in [6.45, 7) is -0.622. The van der Waals surface area contributed by atoms with E-state index in [4.69, 9.17) is 16.6 Å². The quantitative estimate of drug-likeness (QED) is 0.415. The molecule has 0 aromatic heterocycles. The lowest BCUT2D eigenvalue weighted by molar-refractivity contribution is -0.127. The lowest BCUT2D eigenvalue weighted by Gasteiger charge is -2.13. The van der Waals surface area contributed by atoms with Gasteiger partial charge < -0.3 is 21.9 Å². The van der Waals surface area contributed by atoms with Crippen molar-refractivity contribution >= 4 is 11.8 Å². The zero-order valence-corrected chi connectivity index (χ0v) is 7.82. The van der Waals surface area contributed by atoms with Crippen LogP contribution in [0.25, 0.3) is 0 Å². The van der Waals surface area contributed by atoms with Crippen LogP contribution in [0.5, 0.6) is 0 Å². The van der Waals surface area contributed by atoms with Crippen LogP contribution >= 0.6 is 0 Å². The first kappa shape index (κ1) is 13.7. The van der Waals surface area contributed by atoms with Crippen molar-refractivity contribution in [2.45, 2.75) is 25.0 Å². The smallest absolute Gasteiger partial charge is 0.265 e. The molecule has 2 atom stereocenters. The molecular formula is C7H13F2N3O3. The number of carbonyl (C=O) groups is 2. The summed E-state index contributed by atoms with van der Waals surface area (Å²) in [6.07, 6.45) is -5.27. The van der Waals surface area contributed by atoms with E-state index < -0.39 is 36.9 Å². The normalized spacial score (nSPS) is 14.7. The zero-order chi connectivity index (χ0) is 12.0. The number of nitrogens with two attached hydrogens (primary N) is 2. The highest BCUT2D eigenvalue weighted by Crippen LogP contribution is 1.98. The average molecular weight is 225 g/mol. The Morgan fingerprint density at radius 3 is 2.33 bits per heavy atom. The van der Waals surface area contributed by atoms with Gasteiger partial charge in [-0.1, -0.05) is 0 Å². The molecule has 0 aliphatic heterocycles. The lowest BCUT2D eigenvalue weighted by atomic mass is 10.2. The van der Waals surface area contributed by atoms with Gasteiger partial charge >= 0.3 is 0 Å². The molecule has 0 aromatic carbocycles. The predicted molar refractivity (Wildman–Crippen MR) is 46.8 cm³/mol. The molecule has 0 aliphatic rings. The molecule has 0 aliphatic carbocycles. The zero-order valence-electron chi connectivity index (χ0n) is 7.82. The molecule has 0 spiro atoms. The molecule has 0 aromatic rings. The Morgan fingerprint density at radius 2 is 1.93 bits per heavy atom. The number of rotatable bonds is 6. The Balaban J connectivity index is 3.88. The van der Waals surface area contributed by atoms with E-state index in [-0.39, 0.29) is 6.42 Å². The number of carbonyl (C=O) groups excluding carboxylic acids is 2. The minimum atomic E-state index is -2.95. The molecule has 0 saturated carbocycles. The van der Waals surface area contributed by atoms with Crippen molar-refractivity contribution in [1.29, 1.82) is 0 Å². The van der Waals surface area contributed by atoms with Crippen molar-refractivity contribution in [3.63, 3.8) is 0 Å². The molecule has 0 fully saturated rings. The molecule has 0 saturated heterocycles. The molecule has 0 radical (unpaired) electrons. The van der Waals surface area contributed by atoms with Gasteiger partial charge in [-0.2, -0.15) is 0 Å². The van der Waals surface area contributed by atoms with Gasteiger partial charge in [0.25, 0.3) is 6.43 Å². The van der Waals surface area contributed by atoms with Gasteiger partial charge in [-0.25, -0.2) is 8.78 Å². The maximum atomic E-state index is 11.8. The third-order valence-electron chi connectivity index (χ3n) is 1.53. The van der Waals surface area contributed by atoms with Crippen LogP contribution in [0.3, 0.4) is 0 Å². The van der Waals surface area contributed by atoms with Crippen molar-refractivity contribution in [2.24, 2.45) is 11.5 Å². The Kier molecular flexibility index (Phi) is 5.72. The van der Waals surface area contributed by atoms with E-state index in [9.17, 15) is 18.4 Å². The fourth-order valence-corrected chi connectivity index (χ4v) is 0.735. The number of alkyl halides is 2. The monoisotopic (exact) mass is 225 g/mol. The number of aliphatic hydroxyl groups excluding tert-OH is 1. The number of hydrogen-bond donors (Lipinski definition) is 4. The van der Waals surface area contributed by atoms with Crippen LogP contribution in [-0.2, 0) is 9.59 Å². The van der Waals surface area contributed by atoms with E-state index in [2.05, 4.69) is 0 Å². The molecule has 2 unspecified atom stereocenters. The van der Waals surface area contributed by atoms with Gasteiger partial charge in [0.2, 0.25) is 11.8 Å². The van der Waals surface area contributed by atoms with Gasteiger partial charge in [0.15, 0.2) is 0 Å². The second-order valence-electron chi connectivity index (χ2n) is 2.92. The summed E-state index contributed by atoms with van der Waals surface area (Å²) in [7, 11) is 0. The minimum absolute atomic E-state index is 0.378. The van der Waals surface area contributed by atoms with E-state index >= 15 is 0 Å². The second kappa shape index (κ2) is 6.25. The van der Waals surface area contributed by atoms with E-state index in [1.54, 1.807) is 0 Å². The van der Waals surface area contributed by atoms with Crippen molar-refractivity contribution in [2.75, 3.05) is 6.54 Å². The van der Waals surface area contributed by atoms with E-state index in [0.29, 0.717) is 0 Å². The van der Waals surface area contributed by atoms with Crippen molar-refractivity contribution in [1.82, 2.24) is 5.32 Å². The molecule has 0 rings (SSSR count). The first-order valence-corrected chi connectivity index (χ1v) is 4.12. The highest BCUT2D eigenvalue weighted by Gasteiger charge is 2.20. The summed E-state index contributed by atoms with van der Waals surface area (Å²) < 4.78 is 23.6. The van der Waals surface area contributed by atoms with E-state index in [1.165, 1.54) is 0 Å². The van der Waals surface area contributed by atoms with Gasteiger partial charge in [-0.15, -0.1) is 0 Å². The van der Waals surface area contributed by atoms with Crippen molar-refractivity contribution in [3.05, 3.63) is 0 Å². The van der Waals surface area contributed by atoms with E-state index in [0.717, 1.165) is 0 Å². The molecule has 0 bridgehead atoms. The molecule has 0 heterocycles. The highest BCUT2D eigenvalue weighted by molar-refractivity contribution is 5.87. The Labute approximate surface area is 84.6 Å². The first-order valence-electron chi connectivity index (χ1n) is 4.12. The summed E-state index contributed by atoms with van der Waals surface area (Å²) in [5.41, 5.74) is 9.97. The summed E-state index contributed by atoms with van der Waals surface area (Å²) in [4.78, 5) is 21.4. The number of aliphatic hydroxyl groups is 1. The van der Waals surface area contributed by atoms with Crippen LogP contribution < -0.4 is 16.8 Å². The SMILES string of the molecule is NC(=O)CC(N)C(=O)NCC(O)C(F)F. The molecule has 6 nitrogen and oxygen atoms in total. The third-order valence-corrected chi connectivity index (χ3v) is 1.53. The standard InChI is InChI=1S/C7H13F2N3O3/c8-6(9)4(13)2-12-7(15)3(10)1-5(11)14/h3-4,6,13H,1-2,10H2,(H2,11,14)(H,12,15). The second-order valence-corrected chi connectivity index (χ2v) is 2.92. The molecule has 8 heteroatoms. The number of amides is 2. The van der Waals surface area contributed by atoms with Gasteiger partial charge in [-0.05, 0) is 0 Å². The Bertz CT molecular complexity index is 238. The Hall–Kier alpha value is -1.28. The molecular weight excluding hydrogens is 212 g/mol. The third kappa shape index (κ3) is 5.92. The molecule has 88 valence electrons. The van der Waals surface area contributed by atoms with Crippen LogP contribution in [-0.4, -0.2) is 42.0 Å². The molecule has 6 N–H and O–H groups in total. The highest BCUT2D eigenvalue weighted by atomic mass is 19.3. The molecule has 15 heavy (non-hydrogen) atoms. The number of halogens is 2. The van der Waals surface area contributed by atoms with Gasteiger partial charge in [0.1, 0.15) is 6.10 Å². The largest absolute Gasteiger partial charge is 0.385 e. The van der Waals surface area contributed by atoms with E-state index in [1.807, 2.05) is 5.32 Å². The molecule has 2 amide bonds. The lowest BCUT2D eigenvalue weighted by Crippen LogP contribution is -2.46. The predicted octanol–water partition coefficient (Wildman–Crippen LogP) is -2.07. The topological polar surface area (TPSA) is 118 Å². The van der Waals surface area contributed by atoms with Crippen molar-refractivity contribution in [3.8, 4) is 0 Å². The van der Waals surface area contributed by atoms with Gasteiger partial charge in [0, 0.05) is 6.54 Å². The average Bonchev–Trinajstić information content (AvgIpc) is 2.12. The first-order chi connectivity index (χ1) is 6.84. The maximum absolute atomic E-state index is 11.8. The summed E-state index contributed by atoms with van der Waals surface area (Å²) in [5.74, 6) is -1.58. The summed E-state index contributed by atoms with van der Waals surface area (Å²) in [6, 6.07) is -1.19.